The van der Waals surface area contributed by atoms with Crippen LogP contribution in [0, 0.1) is 12.7 Å². The highest BCUT2D eigenvalue weighted by Crippen LogP contribution is 2.48. The fourth-order valence-electron chi connectivity index (χ4n) is 3.98. The highest BCUT2D eigenvalue weighted by molar-refractivity contribution is 7.22. The Morgan fingerprint density at radius 2 is 1.81 bits per heavy atom. The molecule has 0 atom stereocenters. The Morgan fingerprint density at radius 1 is 1.00 bits per heavy atom. The summed E-state index contributed by atoms with van der Waals surface area (Å²) in [6.07, 6.45) is 4.84. The van der Waals surface area contributed by atoms with Gasteiger partial charge in [-0.1, -0.05) is 31.2 Å². The second kappa shape index (κ2) is 10.3. The molecule has 0 aliphatic rings. The maximum atomic E-state index is 13.8. The quantitative estimate of drug-likeness (QED) is 0.222. The average molecular weight is 501 g/mol. The number of fused-ring (bicyclic) bond motifs is 1. The summed E-state index contributed by atoms with van der Waals surface area (Å²) in [5.74, 6) is 2.69. The number of tetrazole rings is 1. The van der Waals surface area contributed by atoms with Gasteiger partial charge >= 0.3 is 0 Å². The Balaban J connectivity index is 1.47. The molecule has 0 aliphatic carbocycles. The van der Waals surface area contributed by atoms with E-state index in [0.29, 0.717) is 5.75 Å². The van der Waals surface area contributed by atoms with Crippen LogP contribution in [0.1, 0.15) is 30.3 Å². The van der Waals surface area contributed by atoms with E-state index >= 15 is 0 Å². The third-order valence-electron chi connectivity index (χ3n) is 5.80. The largest absolute Gasteiger partial charge is 0.497 e. The molecule has 182 valence electrons. The van der Waals surface area contributed by atoms with E-state index in [1.807, 2.05) is 61.5 Å². The average Bonchev–Trinajstić information content (AvgIpc) is 3.47. The van der Waals surface area contributed by atoms with Crippen molar-refractivity contribution in [3.05, 3.63) is 83.4 Å². The summed E-state index contributed by atoms with van der Waals surface area (Å²) in [4.78, 5) is 0.947. The van der Waals surface area contributed by atoms with Crippen LogP contribution < -0.4 is 9.47 Å². The van der Waals surface area contributed by atoms with E-state index < -0.39 is 0 Å². The predicted molar refractivity (Wildman–Crippen MR) is 142 cm³/mol. The van der Waals surface area contributed by atoms with Gasteiger partial charge in [0, 0.05) is 16.6 Å². The molecule has 3 aromatic carbocycles. The maximum absolute atomic E-state index is 13.8. The molecule has 0 bridgehead atoms. The Morgan fingerprint density at radius 3 is 2.56 bits per heavy atom. The molecule has 2 heterocycles. The number of nitrogens with zero attached hydrogens (tertiary/aromatic N) is 4. The molecule has 0 unspecified atom stereocenters. The van der Waals surface area contributed by atoms with Gasteiger partial charge in [-0.05, 0) is 89.0 Å². The molecule has 0 saturated carbocycles. The highest BCUT2D eigenvalue weighted by Gasteiger charge is 2.19. The molecule has 0 N–H and O–H groups in total. The fraction of sp³-hybridized carbons (Fsp3) is 0.179. The van der Waals surface area contributed by atoms with Gasteiger partial charge in [0.05, 0.1) is 12.0 Å². The minimum Gasteiger partial charge on any atom is -0.497 e. The van der Waals surface area contributed by atoms with E-state index in [0.717, 1.165) is 61.9 Å². The molecule has 0 radical (unpaired) electrons. The van der Waals surface area contributed by atoms with E-state index in [1.54, 1.807) is 35.3 Å². The number of halogens is 1. The molecule has 5 aromatic rings. The Bertz CT molecular complexity index is 1540. The smallest absolute Gasteiger partial charge is 0.174 e. The number of methoxy groups -OCH3 is 1. The topological polar surface area (TPSA) is 62.1 Å². The summed E-state index contributed by atoms with van der Waals surface area (Å²) in [6.45, 7) is 4.77. The predicted octanol–water partition coefficient (Wildman–Crippen LogP) is 7.38. The van der Waals surface area contributed by atoms with Crippen molar-refractivity contribution in [3.63, 3.8) is 0 Å². The van der Waals surface area contributed by atoms with E-state index in [9.17, 15) is 4.39 Å². The normalized spacial score (nSPS) is 11.4. The zero-order valence-corrected chi connectivity index (χ0v) is 21.1. The van der Waals surface area contributed by atoms with Crippen molar-refractivity contribution in [2.45, 2.75) is 26.8 Å². The minimum atomic E-state index is -0.256. The van der Waals surface area contributed by atoms with Crippen molar-refractivity contribution < 1.29 is 13.9 Å². The van der Waals surface area contributed by atoms with Crippen LogP contribution in [0.4, 0.5) is 4.39 Å². The fourth-order valence-corrected chi connectivity index (χ4v) is 5.23. The lowest BCUT2D eigenvalue weighted by Gasteiger charge is -2.10. The first-order chi connectivity index (χ1) is 17.6. The number of aromatic nitrogens is 4. The van der Waals surface area contributed by atoms with Crippen LogP contribution in [0.5, 0.6) is 17.2 Å². The van der Waals surface area contributed by atoms with Crippen LogP contribution in [0.3, 0.4) is 0 Å². The van der Waals surface area contributed by atoms with Crippen LogP contribution in [-0.2, 0) is 6.54 Å². The second-order valence-corrected chi connectivity index (χ2v) is 9.40. The minimum absolute atomic E-state index is 0.256. The third-order valence-corrected chi connectivity index (χ3v) is 6.97. The van der Waals surface area contributed by atoms with Crippen LogP contribution >= 0.6 is 11.3 Å². The van der Waals surface area contributed by atoms with Gasteiger partial charge in [-0.2, -0.15) is 0 Å². The van der Waals surface area contributed by atoms with Gasteiger partial charge in [0.15, 0.2) is 11.6 Å². The molecule has 0 amide bonds. The number of hydrogen-bond donors (Lipinski definition) is 0. The lowest BCUT2D eigenvalue weighted by Crippen LogP contribution is -2.01. The summed E-state index contributed by atoms with van der Waals surface area (Å²) < 4.78 is 28.5. The Hall–Kier alpha value is -4.04. The molecule has 6 nitrogen and oxygen atoms in total. The van der Waals surface area contributed by atoms with Gasteiger partial charge in [-0.15, -0.1) is 16.4 Å². The van der Waals surface area contributed by atoms with Crippen LogP contribution in [-0.4, -0.2) is 27.3 Å². The number of hydrogen-bond acceptors (Lipinski definition) is 6. The number of benzene rings is 3. The third kappa shape index (κ3) is 4.85. The Labute approximate surface area is 212 Å². The molecular formula is C28H25FN4O2S. The summed E-state index contributed by atoms with van der Waals surface area (Å²) >= 11 is 1.60. The first-order valence-electron chi connectivity index (χ1n) is 11.6. The molecule has 5 rings (SSSR count). The van der Waals surface area contributed by atoms with Crippen molar-refractivity contribution in [3.8, 4) is 27.7 Å². The van der Waals surface area contributed by atoms with Gasteiger partial charge in [-0.3, -0.25) is 0 Å². The van der Waals surface area contributed by atoms with Gasteiger partial charge < -0.3 is 9.47 Å². The first kappa shape index (κ1) is 23.7. The molecular weight excluding hydrogens is 475 g/mol. The van der Waals surface area contributed by atoms with Crippen molar-refractivity contribution >= 4 is 33.6 Å². The lowest BCUT2D eigenvalue weighted by atomic mass is 10.1. The zero-order valence-electron chi connectivity index (χ0n) is 20.2. The second-order valence-electron chi connectivity index (χ2n) is 8.35. The van der Waals surface area contributed by atoms with Crippen molar-refractivity contribution in [1.82, 2.24) is 20.2 Å². The van der Waals surface area contributed by atoms with E-state index in [-0.39, 0.29) is 5.82 Å². The van der Waals surface area contributed by atoms with Crippen LogP contribution in [0.15, 0.2) is 60.7 Å². The molecule has 0 aliphatic heterocycles. The highest BCUT2D eigenvalue weighted by atomic mass is 32.1. The van der Waals surface area contributed by atoms with E-state index in [4.69, 9.17) is 9.47 Å². The lowest BCUT2D eigenvalue weighted by molar-refractivity contribution is 0.415. The van der Waals surface area contributed by atoms with E-state index in [1.165, 1.54) is 6.07 Å². The standard InChI is InChI=1S/C28H25FN4O2S/c1-4-15-33-26(30-31-32-33)14-7-19-5-9-21(10-6-19)35-27-24-13-11-22(34-3)17-25(24)36-28(27)23-12-8-20(29)16-18(23)2/h5-14,16-17H,4,15H2,1-3H3. The monoisotopic (exact) mass is 500 g/mol. The molecule has 2 aromatic heterocycles. The summed E-state index contributed by atoms with van der Waals surface area (Å²) in [6, 6.07) is 18.6. The summed E-state index contributed by atoms with van der Waals surface area (Å²) in [7, 11) is 1.65. The Kier molecular flexibility index (Phi) is 6.77. The number of ether oxygens (including phenoxy) is 2. The molecule has 0 spiro atoms. The van der Waals surface area contributed by atoms with Crippen LogP contribution in [0.2, 0.25) is 0 Å². The van der Waals surface area contributed by atoms with Gasteiger partial charge in [0.1, 0.15) is 17.3 Å². The van der Waals surface area contributed by atoms with Crippen molar-refractivity contribution in [1.29, 1.82) is 0 Å². The first-order valence-corrected chi connectivity index (χ1v) is 12.5. The molecule has 0 saturated heterocycles. The zero-order chi connectivity index (χ0) is 25.1. The molecule has 0 fully saturated rings. The van der Waals surface area contributed by atoms with Gasteiger partial charge in [0.25, 0.3) is 0 Å². The van der Waals surface area contributed by atoms with Gasteiger partial charge in [0.2, 0.25) is 0 Å². The summed E-state index contributed by atoms with van der Waals surface area (Å²) in [5.41, 5.74) is 2.79. The summed E-state index contributed by atoms with van der Waals surface area (Å²) in [5, 5.41) is 12.8. The van der Waals surface area contributed by atoms with Gasteiger partial charge in [-0.25, -0.2) is 9.07 Å². The number of rotatable bonds is 8. The number of thiophene rings is 1. The SMILES string of the molecule is CCCn1nnnc1C=Cc1ccc(Oc2c(-c3ccc(F)cc3C)sc3cc(OC)ccc23)cc1. The maximum Gasteiger partial charge on any atom is 0.174 e. The van der Waals surface area contributed by atoms with E-state index in [2.05, 4.69) is 22.4 Å². The van der Waals surface area contributed by atoms with Crippen molar-refractivity contribution in [2.75, 3.05) is 7.11 Å². The molecule has 36 heavy (non-hydrogen) atoms. The van der Waals surface area contributed by atoms with Crippen LogP contribution in [0.25, 0.3) is 32.7 Å². The molecule has 8 heteroatoms. The van der Waals surface area contributed by atoms with Crippen molar-refractivity contribution in [2.24, 2.45) is 0 Å². The number of aryl methyl sites for hydroxylation is 2.